The lowest BCUT2D eigenvalue weighted by Gasteiger charge is -2.37. The van der Waals surface area contributed by atoms with E-state index in [0.717, 1.165) is 24.9 Å². The van der Waals surface area contributed by atoms with Crippen LogP contribution in [-0.4, -0.2) is 45.4 Å². The molecule has 5 nitrogen and oxygen atoms in total. The zero-order valence-corrected chi connectivity index (χ0v) is 15.7. The Morgan fingerprint density at radius 1 is 1.36 bits per heavy atom. The van der Waals surface area contributed by atoms with E-state index in [1.165, 1.54) is 0 Å². The minimum absolute atomic E-state index is 0.131. The van der Waals surface area contributed by atoms with Crippen LogP contribution in [-0.2, 0) is 10.0 Å². The molecule has 2 rings (SSSR count). The molecule has 0 amide bonds. The predicted octanol–water partition coefficient (Wildman–Crippen LogP) is 2.41. The highest BCUT2D eigenvalue weighted by molar-refractivity contribution is 9.10. The molecule has 2 unspecified atom stereocenters. The standard InChI is InChI=1S/C15H24BrN3O2S/c1-11(17)14-6-4-5-9-19(14)22(20,21)15-10-12(18(2)3)7-8-13(15)16/h7-8,10-11,14H,4-6,9,17H2,1-3H3. The van der Waals surface area contributed by atoms with Gasteiger partial charge < -0.3 is 10.6 Å². The molecule has 2 N–H and O–H groups in total. The molecule has 0 bridgehead atoms. The monoisotopic (exact) mass is 389 g/mol. The van der Waals surface area contributed by atoms with Crippen LogP contribution in [0.4, 0.5) is 5.69 Å². The number of rotatable bonds is 4. The van der Waals surface area contributed by atoms with Gasteiger partial charge in [-0.2, -0.15) is 4.31 Å². The van der Waals surface area contributed by atoms with Crippen molar-refractivity contribution >= 4 is 31.6 Å². The first kappa shape index (κ1) is 17.7. The van der Waals surface area contributed by atoms with Crippen LogP contribution in [0.1, 0.15) is 26.2 Å². The van der Waals surface area contributed by atoms with E-state index in [2.05, 4.69) is 15.9 Å². The highest BCUT2D eigenvalue weighted by Crippen LogP contribution is 2.32. The number of halogens is 1. The van der Waals surface area contributed by atoms with Gasteiger partial charge in [-0.1, -0.05) is 6.42 Å². The summed E-state index contributed by atoms with van der Waals surface area (Å²) in [6.45, 7) is 2.41. The molecule has 1 saturated heterocycles. The van der Waals surface area contributed by atoms with Gasteiger partial charge in [0.1, 0.15) is 0 Å². The Kier molecular flexibility index (Phi) is 5.53. The predicted molar refractivity (Wildman–Crippen MR) is 93.6 cm³/mol. The molecule has 0 radical (unpaired) electrons. The topological polar surface area (TPSA) is 66.6 Å². The fraction of sp³-hybridized carbons (Fsp3) is 0.600. The molecule has 0 aliphatic carbocycles. The van der Waals surface area contributed by atoms with Crippen LogP contribution < -0.4 is 10.6 Å². The molecule has 0 aromatic heterocycles. The van der Waals surface area contributed by atoms with Crippen molar-refractivity contribution in [3.63, 3.8) is 0 Å². The summed E-state index contributed by atoms with van der Waals surface area (Å²) in [7, 11) is 0.225. The molecule has 1 aliphatic rings. The lowest BCUT2D eigenvalue weighted by molar-refractivity contribution is 0.227. The molecule has 1 aliphatic heterocycles. The molecule has 0 saturated carbocycles. The van der Waals surface area contributed by atoms with Crippen molar-refractivity contribution in [1.82, 2.24) is 4.31 Å². The minimum atomic E-state index is -3.56. The van der Waals surface area contributed by atoms with Crippen molar-refractivity contribution in [2.75, 3.05) is 25.5 Å². The van der Waals surface area contributed by atoms with Gasteiger partial charge in [-0.25, -0.2) is 8.42 Å². The third-order valence-corrected chi connectivity index (χ3v) is 7.04. The summed E-state index contributed by atoms with van der Waals surface area (Å²) in [6, 6.07) is 5.08. The van der Waals surface area contributed by atoms with E-state index < -0.39 is 10.0 Å². The van der Waals surface area contributed by atoms with Crippen LogP contribution in [0.15, 0.2) is 27.6 Å². The summed E-state index contributed by atoms with van der Waals surface area (Å²) in [4.78, 5) is 2.20. The lowest BCUT2D eigenvalue weighted by atomic mass is 10.00. The molecular formula is C15H24BrN3O2S. The number of anilines is 1. The largest absolute Gasteiger partial charge is 0.378 e. The van der Waals surface area contributed by atoms with Gasteiger partial charge in [0.25, 0.3) is 0 Å². The summed E-state index contributed by atoms with van der Waals surface area (Å²) < 4.78 is 28.4. The second-order valence-corrected chi connectivity index (χ2v) is 8.76. The highest BCUT2D eigenvalue weighted by atomic mass is 79.9. The van der Waals surface area contributed by atoms with Gasteiger partial charge in [-0.05, 0) is 53.9 Å². The van der Waals surface area contributed by atoms with Crippen molar-refractivity contribution in [1.29, 1.82) is 0 Å². The number of hydrogen-bond donors (Lipinski definition) is 1. The van der Waals surface area contributed by atoms with E-state index in [1.807, 2.05) is 32.0 Å². The molecule has 1 aromatic carbocycles. The van der Waals surface area contributed by atoms with Gasteiger partial charge in [0.15, 0.2) is 0 Å². The minimum Gasteiger partial charge on any atom is -0.378 e. The number of nitrogens with zero attached hydrogens (tertiary/aromatic N) is 2. The maximum absolute atomic E-state index is 13.1. The zero-order valence-electron chi connectivity index (χ0n) is 13.3. The second kappa shape index (κ2) is 6.86. The fourth-order valence-electron chi connectivity index (χ4n) is 2.85. The Bertz CT molecular complexity index is 632. The summed E-state index contributed by atoms with van der Waals surface area (Å²) in [5, 5.41) is 0. The van der Waals surface area contributed by atoms with Gasteiger partial charge in [0.05, 0.1) is 4.90 Å². The van der Waals surface area contributed by atoms with Crippen LogP contribution in [0.3, 0.4) is 0 Å². The quantitative estimate of drug-likeness (QED) is 0.858. The van der Waals surface area contributed by atoms with Crippen molar-refractivity contribution < 1.29 is 8.42 Å². The second-order valence-electron chi connectivity index (χ2n) is 6.05. The number of sulfonamides is 1. The highest BCUT2D eigenvalue weighted by Gasteiger charge is 2.36. The Morgan fingerprint density at radius 3 is 2.64 bits per heavy atom. The van der Waals surface area contributed by atoms with E-state index >= 15 is 0 Å². The Morgan fingerprint density at radius 2 is 2.05 bits per heavy atom. The van der Waals surface area contributed by atoms with Gasteiger partial charge in [0, 0.05) is 42.9 Å². The van der Waals surface area contributed by atoms with Crippen molar-refractivity contribution in [2.45, 2.75) is 43.2 Å². The molecule has 7 heteroatoms. The molecular weight excluding hydrogens is 366 g/mol. The summed E-state index contributed by atoms with van der Waals surface area (Å²) in [5.74, 6) is 0. The van der Waals surface area contributed by atoms with Crippen LogP contribution >= 0.6 is 15.9 Å². The Balaban J connectivity index is 2.47. The van der Waals surface area contributed by atoms with Gasteiger partial charge in [0.2, 0.25) is 10.0 Å². The molecule has 1 aromatic rings. The Hall–Kier alpha value is -0.630. The molecule has 1 heterocycles. The lowest BCUT2D eigenvalue weighted by Crippen LogP contribution is -2.51. The molecule has 1 fully saturated rings. The summed E-state index contributed by atoms with van der Waals surface area (Å²) >= 11 is 3.38. The van der Waals surface area contributed by atoms with Crippen molar-refractivity contribution in [3.8, 4) is 0 Å². The molecule has 2 atom stereocenters. The van der Waals surface area contributed by atoms with Crippen LogP contribution in [0.2, 0.25) is 0 Å². The number of hydrogen-bond acceptors (Lipinski definition) is 4. The average molecular weight is 390 g/mol. The number of benzene rings is 1. The third kappa shape index (κ3) is 3.48. The average Bonchev–Trinajstić information content (AvgIpc) is 2.47. The first-order valence-electron chi connectivity index (χ1n) is 7.49. The SMILES string of the molecule is CC(N)C1CCCCN1S(=O)(=O)c1cc(N(C)C)ccc1Br. The van der Waals surface area contributed by atoms with Crippen LogP contribution in [0.5, 0.6) is 0 Å². The first-order valence-corrected chi connectivity index (χ1v) is 9.72. The zero-order chi connectivity index (χ0) is 16.5. The van der Waals surface area contributed by atoms with Gasteiger partial charge >= 0.3 is 0 Å². The van der Waals surface area contributed by atoms with Gasteiger partial charge in [-0.15, -0.1) is 0 Å². The fourth-order valence-corrected chi connectivity index (χ4v) is 5.57. The Labute approximate surface area is 141 Å². The third-order valence-electron chi connectivity index (χ3n) is 4.12. The van der Waals surface area contributed by atoms with E-state index in [1.54, 1.807) is 16.4 Å². The molecule has 22 heavy (non-hydrogen) atoms. The smallest absolute Gasteiger partial charge is 0.244 e. The first-order chi connectivity index (χ1) is 10.2. The van der Waals surface area contributed by atoms with E-state index in [0.29, 0.717) is 15.9 Å². The number of piperidine rings is 1. The summed E-state index contributed by atoms with van der Waals surface area (Å²) in [5.41, 5.74) is 6.88. The van der Waals surface area contributed by atoms with Crippen molar-refractivity contribution in [2.24, 2.45) is 5.73 Å². The molecule has 124 valence electrons. The maximum atomic E-state index is 13.1. The van der Waals surface area contributed by atoms with Crippen molar-refractivity contribution in [3.05, 3.63) is 22.7 Å². The van der Waals surface area contributed by atoms with E-state index in [9.17, 15) is 8.42 Å². The van der Waals surface area contributed by atoms with E-state index in [4.69, 9.17) is 5.73 Å². The van der Waals surface area contributed by atoms with Crippen LogP contribution in [0.25, 0.3) is 0 Å². The maximum Gasteiger partial charge on any atom is 0.244 e. The normalized spacial score (nSPS) is 21.6. The summed E-state index contributed by atoms with van der Waals surface area (Å²) in [6.07, 6.45) is 2.73. The van der Waals surface area contributed by atoms with Gasteiger partial charge in [-0.3, -0.25) is 0 Å². The van der Waals surface area contributed by atoms with Crippen LogP contribution in [0, 0.1) is 0 Å². The number of nitrogens with two attached hydrogens (primary N) is 1. The van der Waals surface area contributed by atoms with E-state index in [-0.39, 0.29) is 12.1 Å². The molecule has 0 spiro atoms.